The van der Waals surface area contributed by atoms with Crippen molar-refractivity contribution in [2.75, 3.05) is 20.2 Å². The first-order valence-corrected chi connectivity index (χ1v) is 9.13. The molecule has 1 heterocycles. The van der Waals surface area contributed by atoms with Crippen molar-refractivity contribution in [2.24, 2.45) is 4.99 Å². The van der Waals surface area contributed by atoms with Crippen LogP contribution in [0.3, 0.4) is 0 Å². The largest absolute Gasteiger partial charge is 0.491 e. The van der Waals surface area contributed by atoms with Crippen LogP contribution in [-0.4, -0.2) is 31.3 Å². The van der Waals surface area contributed by atoms with Gasteiger partial charge in [0.1, 0.15) is 12.4 Å². The number of para-hydroxylation sites is 1. The van der Waals surface area contributed by atoms with Crippen molar-refractivity contribution < 1.29 is 9.26 Å². The average Bonchev–Trinajstić information content (AvgIpc) is 3.10. The van der Waals surface area contributed by atoms with Gasteiger partial charge in [-0.15, -0.1) is 24.0 Å². The number of aromatic nitrogens is 1. The molecule has 0 unspecified atom stereocenters. The highest BCUT2D eigenvalue weighted by Gasteiger charge is 2.09. The van der Waals surface area contributed by atoms with Gasteiger partial charge in [-0.25, -0.2) is 0 Å². The molecule has 0 aliphatic carbocycles. The maximum absolute atomic E-state index is 5.91. The monoisotopic (exact) mass is 486 g/mol. The molecule has 1 aromatic carbocycles. The third-order valence-electron chi connectivity index (χ3n) is 4.02. The van der Waals surface area contributed by atoms with Crippen LogP contribution in [0.1, 0.15) is 56.5 Å². The molecule has 150 valence electrons. The summed E-state index contributed by atoms with van der Waals surface area (Å²) in [6.07, 6.45) is 0. The summed E-state index contributed by atoms with van der Waals surface area (Å²) in [5.41, 5.74) is 2.18. The molecule has 0 saturated carbocycles. The van der Waals surface area contributed by atoms with Gasteiger partial charge >= 0.3 is 0 Å². The van der Waals surface area contributed by atoms with Crippen LogP contribution < -0.4 is 15.4 Å². The number of nitrogens with zero attached hydrogens (tertiary/aromatic N) is 2. The van der Waals surface area contributed by atoms with E-state index in [4.69, 9.17) is 9.26 Å². The summed E-state index contributed by atoms with van der Waals surface area (Å²) in [4.78, 5) is 4.21. The number of aliphatic imine (C=N–C) groups is 1. The molecule has 27 heavy (non-hydrogen) atoms. The molecule has 0 bridgehead atoms. The van der Waals surface area contributed by atoms with Crippen molar-refractivity contribution >= 4 is 29.9 Å². The Balaban J connectivity index is 0.00000364. The first kappa shape index (κ1) is 23.3. The SMILES string of the molecule is CN=C(NCCOc1ccccc1C(C)C)NCc1cc(C(C)C)no1.I. The van der Waals surface area contributed by atoms with Crippen LogP contribution in [-0.2, 0) is 6.54 Å². The smallest absolute Gasteiger partial charge is 0.191 e. The number of nitrogens with one attached hydrogen (secondary N) is 2. The topological polar surface area (TPSA) is 71.7 Å². The van der Waals surface area contributed by atoms with Crippen molar-refractivity contribution in [2.45, 2.75) is 46.1 Å². The number of rotatable bonds is 8. The summed E-state index contributed by atoms with van der Waals surface area (Å²) in [7, 11) is 1.74. The summed E-state index contributed by atoms with van der Waals surface area (Å²) < 4.78 is 11.2. The van der Waals surface area contributed by atoms with Gasteiger partial charge in [0.05, 0.1) is 18.8 Å². The lowest BCUT2D eigenvalue weighted by Gasteiger charge is -2.15. The number of ether oxygens (including phenoxy) is 1. The fourth-order valence-electron chi connectivity index (χ4n) is 2.50. The third kappa shape index (κ3) is 7.40. The lowest BCUT2D eigenvalue weighted by atomic mass is 10.0. The van der Waals surface area contributed by atoms with Gasteiger partial charge in [0, 0.05) is 13.1 Å². The molecule has 2 N–H and O–H groups in total. The minimum Gasteiger partial charge on any atom is -0.491 e. The van der Waals surface area contributed by atoms with E-state index < -0.39 is 0 Å². The third-order valence-corrected chi connectivity index (χ3v) is 4.02. The van der Waals surface area contributed by atoms with Crippen LogP contribution in [0.5, 0.6) is 5.75 Å². The Labute approximate surface area is 179 Å². The molecule has 0 fully saturated rings. The Morgan fingerprint density at radius 2 is 1.89 bits per heavy atom. The highest BCUT2D eigenvalue weighted by atomic mass is 127. The van der Waals surface area contributed by atoms with E-state index in [1.807, 2.05) is 24.3 Å². The molecule has 0 aliphatic heterocycles. The van der Waals surface area contributed by atoms with E-state index in [0.29, 0.717) is 37.5 Å². The zero-order chi connectivity index (χ0) is 18.9. The van der Waals surface area contributed by atoms with Crippen molar-refractivity contribution in [1.82, 2.24) is 15.8 Å². The van der Waals surface area contributed by atoms with Crippen LogP contribution in [0.25, 0.3) is 0 Å². The standard InChI is InChI=1S/C20H30N4O2.HI/c1-14(2)17-8-6-7-9-19(17)25-11-10-22-20(21-5)23-13-16-12-18(15(3)4)24-26-16;/h6-9,12,14-15H,10-11,13H2,1-5H3,(H2,21,22,23);1H. The first-order chi connectivity index (χ1) is 12.5. The minimum atomic E-state index is 0. The minimum absolute atomic E-state index is 0. The lowest BCUT2D eigenvalue weighted by Crippen LogP contribution is -2.38. The predicted octanol–water partition coefficient (Wildman–Crippen LogP) is 4.28. The molecule has 2 aromatic rings. The fraction of sp³-hybridized carbons (Fsp3) is 0.500. The maximum atomic E-state index is 5.91. The predicted molar refractivity (Wildman–Crippen MR) is 120 cm³/mol. The molecule has 0 spiro atoms. The lowest BCUT2D eigenvalue weighted by molar-refractivity contribution is 0.317. The van der Waals surface area contributed by atoms with Crippen LogP contribution in [0, 0.1) is 0 Å². The molecular formula is C20H31IN4O2. The summed E-state index contributed by atoms with van der Waals surface area (Å²) in [5.74, 6) is 3.23. The second-order valence-electron chi connectivity index (χ2n) is 6.77. The Morgan fingerprint density at radius 3 is 2.52 bits per heavy atom. The molecule has 0 saturated heterocycles. The van der Waals surface area contributed by atoms with Crippen molar-refractivity contribution in [3.63, 3.8) is 0 Å². The normalized spacial score (nSPS) is 11.4. The Hall–Kier alpha value is -1.77. The van der Waals surface area contributed by atoms with E-state index in [-0.39, 0.29) is 24.0 Å². The number of hydrogen-bond donors (Lipinski definition) is 2. The molecule has 6 nitrogen and oxygen atoms in total. The summed E-state index contributed by atoms with van der Waals surface area (Å²) >= 11 is 0. The molecule has 2 rings (SSSR count). The van der Waals surface area contributed by atoms with E-state index in [9.17, 15) is 0 Å². The molecular weight excluding hydrogens is 455 g/mol. The molecule has 7 heteroatoms. The average molecular weight is 486 g/mol. The molecule has 0 aliphatic rings. The summed E-state index contributed by atoms with van der Waals surface area (Å²) in [5, 5.41) is 10.5. The first-order valence-electron chi connectivity index (χ1n) is 9.13. The number of benzene rings is 1. The van der Waals surface area contributed by atoms with Crippen LogP contribution in [0.4, 0.5) is 0 Å². The Morgan fingerprint density at radius 1 is 1.15 bits per heavy atom. The quantitative estimate of drug-likeness (QED) is 0.252. The second kappa shape index (κ2) is 11.8. The van der Waals surface area contributed by atoms with Crippen molar-refractivity contribution in [3.05, 3.63) is 47.3 Å². The van der Waals surface area contributed by atoms with Gasteiger partial charge in [-0.1, -0.05) is 51.1 Å². The van der Waals surface area contributed by atoms with Gasteiger partial charge < -0.3 is 19.9 Å². The van der Waals surface area contributed by atoms with Crippen molar-refractivity contribution in [1.29, 1.82) is 0 Å². The molecule has 0 radical (unpaired) electrons. The van der Waals surface area contributed by atoms with Gasteiger partial charge in [0.2, 0.25) is 0 Å². The van der Waals surface area contributed by atoms with E-state index in [1.54, 1.807) is 7.05 Å². The van der Waals surface area contributed by atoms with E-state index in [1.165, 1.54) is 5.56 Å². The van der Waals surface area contributed by atoms with Gasteiger partial charge in [0.25, 0.3) is 0 Å². The number of halogens is 1. The van der Waals surface area contributed by atoms with Gasteiger partial charge in [-0.05, 0) is 23.5 Å². The zero-order valence-electron chi connectivity index (χ0n) is 16.8. The highest BCUT2D eigenvalue weighted by molar-refractivity contribution is 14.0. The molecule has 0 amide bonds. The van der Waals surface area contributed by atoms with E-state index in [0.717, 1.165) is 17.2 Å². The Bertz CT molecular complexity index is 714. The van der Waals surface area contributed by atoms with Crippen LogP contribution >= 0.6 is 24.0 Å². The van der Waals surface area contributed by atoms with Crippen LogP contribution in [0.2, 0.25) is 0 Å². The summed E-state index contributed by atoms with van der Waals surface area (Å²) in [6, 6.07) is 10.1. The summed E-state index contributed by atoms with van der Waals surface area (Å²) in [6.45, 7) is 10.3. The van der Waals surface area contributed by atoms with E-state index >= 15 is 0 Å². The maximum Gasteiger partial charge on any atom is 0.191 e. The van der Waals surface area contributed by atoms with Gasteiger partial charge in [-0.3, -0.25) is 4.99 Å². The highest BCUT2D eigenvalue weighted by Crippen LogP contribution is 2.25. The second-order valence-corrected chi connectivity index (χ2v) is 6.77. The zero-order valence-corrected chi connectivity index (χ0v) is 19.1. The van der Waals surface area contributed by atoms with E-state index in [2.05, 4.69) is 54.5 Å². The number of hydrogen-bond acceptors (Lipinski definition) is 4. The Kier molecular flexibility index (Phi) is 10.2. The van der Waals surface area contributed by atoms with Crippen molar-refractivity contribution in [3.8, 4) is 5.75 Å². The molecule has 1 aromatic heterocycles. The molecule has 0 atom stereocenters. The number of guanidine groups is 1. The van der Waals surface area contributed by atoms with Gasteiger partial charge in [-0.2, -0.15) is 0 Å². The fourth-order valence-corrected chi connectivity index (χ4v) is 2.50. The van der Waals surface area contributed by atoms with Gasteiger partial charge in [0.15, 0.2) is 11.7 Å². The van der Waals surface area contributed by atoms with Crippen LogP contribution in [0.15, 0.2) is 39.8 Å².